The van der Waals surface area contributed by atoms with Crippen molar-refractivity contribution in [1.29, 1.82) is 0 Å². The van der Waals surface area contributed by atoms with Crippen LogP contribution in [0, 0.1) is 13.8 Å². The topological polar surface area (TPSA) is 88.0 Å². The molecule has 0 saturated heterocycles. The van der Waals surface area contributed by atoms with Crippen molar-refractivity contribution in [2.75, 3.05) is 5.32 Å². The van der Waals surface area contributed by atoms with Gasteiger partial charge in [0.05, 0.1) is 12.6 Å². The molecule has 172 valence electrons. The monoisotopic (exact) mass is 463 g/mol. The van der Waals surface area contributed by atoms with Gasteiger partial charge in [0.1, 0.15) is 6.04 Å². The van der Waals surface area contributed by atoms with Gasteiger partial charge in [0.2, 0.25) is 5.91 Å². The van der Waals surface area contributed by atoms with Crippen LogP contribution < -0.4 is 21.5 Å². The molecular formula is C25H29N5O2S. The lowest BCUT2D eigenvalue weighted by atomic mass is 10.00. The Morgan fingerprint density at radius 1 is 1.30 bits per heavy atom. The molecule has 1 aromatic carbocycles. The molecule has 0 bridgehead atoms. The molecule has 5 rings (SSSR count). The number of amides is 1. The Bertz CT molecular complexity index is 1260. The van der Waals surface area contributed by atoms with Crippen LogP contribution in [0.4, 0.5) is 5.82 Å². The minimum absolute atomic E-state index is 0.0762. The van der Waals surface area contributed by atoms with Crippen molar-refractivity contribution in [1.82, 2.24) is 20.2 Å². The van der Waals surface area contributed by atoms with Gasteiger partial charge in [-0.3, -0.25) is 14.2 Å². The zero-order chi connectivity index (χ0) is 23.1. The maximum absolute atomic E-state index is 13.3. The van der Waals surface area contributed by atoms with E-state index in [1.165, 1.54) is 16.0 Å². The molecule has 2 aliphatic heterocycles. The number of benzene rings is 1. The van der Waals surface area contributed by atoms with Crippen LogP contribution in [0.2, 0.25) is 0 Å². The molecule has 0 aliphatic carbocycles. The summed E-state index contributed by atoms with van der Waals surface area (Å²) in [5.74, 6) is 0.177. The van der Waals surface area contributed by atoms with Gasteiger partial charge in [-0.2, -0.15) is 0 Å². The molecule has 2 aromatic heterocycles. The van der Waals surface area contributed by atoms with Crippen LogP contribution in [-0.2, 0) is 30.8 Å². The fraction of sp³-hybridized carbons (Fsp3) is 0.400. The molecule has 1 amide bonds. The third kappa shape index (κ3) is 4.20. The molecule has 0 unspecified atom stereocenters. The van der Waals surface area contributed by atoms with Gasteiger partial charge in [-0.1, -0.05) is 23.8 Å². The fourth-order valence-electron chi connectivity index (χ4n) is 4.82. The molecule has 0 fully saturated rings. The van der Waals surface area contributed by atoms with Gasteiger partial charge < -0.3 is 16.0 Å². The Morgan fingerprint density at radius 3 is 2.97 bits per heavy atom. The summed E-state index contributed by atoms with van der Waals surface area (Å²) in [7, 11) is 0. The Kier molecular flexibility index (Phi) is 5.80. The number of rotatable bonds is 6. The Balaban J connectivity index is 1.32. The van der Waals surface area contributed by atoms with Crippen LogP contribution in [0.25, 0.3) is 0 Å². The average molecular weight is 464 g/mol. The second-order valence-electron chi connectivity index (χ2n) is 9.04. The van der Waals surface area contributed by atoms with Gasteiger partial charge in [0.15, 0.2) is 5.82 Å². The molecule has 33 heavy (non-hydrogen) atoms. The molecule has 0 spiro atoms. The Labute approximate surface area is 197 Å². The highest BCUT2D eigenvalue weighted by Crippen LogP contribution is 2.28. The van der Waals surface area contributed by atoms with E-state index in [1.54, 1.807) is 22.1 Å². The SMILES string of the molecule is Cc1ccc(C)c([C@@H](C)Nc2ncc3n(c2=O)[C@H](C(=O)NCc2cc4c(s2)CNC4)CC3)c1. The molecule has 3 N–H and O–H groups in total. The molecule has 7 nitrogen and oxygen atoms in total. The van der Waals surface area contributed by atoms with Crippen molar-refractivity contribution >= 4 is 23.1 Å². The lowest BCUT2D eigenvalue weighted by Gasteiger charge is -2.19. The minimum atomic E-state index is -0.500. The average Bonchev–Trinajstić information content (AvgIpc) is 3.50. The van der Waals surface area contributed by atoms with Crippen molar-refractivity contribution in [3.05, 3.63) is 78.5 Å². The molecule has 0 radical (unpaired) electrons. The van der Waals surface area contributed by atoms with Crippen molar-refractivity contribution < 1.29 is 4.79 Å². The van der Waals surface area contributed by atoms with Crippen molar-refractivity contribution in [3.8, 4) is 0 Å². The van der Waals surface area contributed by atoms with E-state index in [4.69, 9.17) is 0 Å². The van der Waals surface area contributed by atoms with E-state index in [-0.39, 0.29) is 23.3 Å². The Hall–Kier alpha value is -2.97. The van der Waals surface area contributed by atoms with Gasteiger partial charge >= 0.3 is 0 Å². The van der Waals surface area contributed by atoms with Crippen molar-refractivity contribution in [3.63, 3.8) is 0 Å². The lowest BCUT2D eigenvalue weighted by molar-refractivity contribution is -0.124. The van der Waals surface area contributed by atoms with E-state index in [0.29, 0.717) is 19.4 Å². The predicted molar refractivity (Wildman–Crippen MR) is 131 cm³/mol. The van der Waals surface area contributed by atoms with Crippen LogP contribution in [0.15, 0.2) is 35.3 Å². The summed E-state index contributed by atoms with van der Waals surface area (Å²) in [6.07, 6.45) is 3.01. The van der Waals surface area contributed by atoms with Gasteiger partial charge in [0.25, 0.3) is 5.56 Å². The number of thiophene rings is 1. The minimum Gasteiger partial charge on any atom is -0.359 e. The van der Waals surface area contributed by atoms with E-state index in [9.17, 15) is 9.59 Å². The highest BCUT2D eigenvalue weighted by Gasteiger charge is 2.31. The first-order valence-electron chi connectivity index (χ1n) is 11.4. The van der Waals surface area contributed by atoms with Crippen LogP contribution in [0.1, 0.15) is 63.1 Å². The molecular weight excluding hydrogens is 434 g/mol. The summed E-state index contributed by atoms with van der Waals surface area (Å²) in [6.45, 7) is 8.45. The maximum Gasteiger partial charge on any atom is 0.294 e. The van der Waals surface area contributed by atoms with Crippen LogP contribution in [0.3, 0.4) is 0 Å². The molecule has 8 heteroatoms. The van der Waals surface area contributed by atoms with Crippen LogP contribution in [-0.4, -0.2) is 15.5 Å². The number of aromatic nitrogens is 2. The molecule has 3 aromatic rings. The first kappa shape index (κ1) is 21.9. The number of anilines is 1. The van der Waals surface area contributed by atoms with Crippen molar-refractivity contribution in [2.45, 2.75) is 65.3 Å². The number of hydrogen-bond donors (Lipinski definition) is 3. The number of carbonyl (C=O) groups is 1. The van der Waals surface area contributed by atoms with E-state index < -0.39 is 6.04 Å². The zero-order valence-electron chi connectivity index (χ0n) is 19.2. The van der Waals surface area contributed by atoms with E-state index in [0.717, 1.165) is 34.8 Å². The smallest absolute Gasteiger partial charge is 0.294 e. The molecule has 4 heterocycles. The summed E-state index contributed by atoms with van der Waals surface area (Å²) in [5.41, 5.74) is 5.37. The van der Waals surface area contributed by atoms with Crippen molar-refractivity contribution in [2.24, 2.45) is 0 Å². The standard InChI is InChI=1S/C25H29N5O2S/c1-14-4-5-15(2)20(8-14)16(3)29-23-25(32)30-18(11-27-23)6-7-21(30)24(31)28-12-19-9-17-10-26-13-22(17)33-19/h4-5,8-9,11,16,21,26H,6-7,10,12-13H2,1-3H3,(H,27,29)(H,28,31)/t16-,21+/m1/s1. The quantitative estimate of drug-likeness (QED) is 0.521. The maximum atomic E-state index is 13.3. The normalized spacial score (nSPS) is 17.5. The molecule has 2 atom stereocenters. The van der Waals surface area contributed by atoms with Gasteiger partial charge in [-0.15, -0.1) is 11.3 Å². The summed E-state index contributed by atoms with van der Waals surface area (Å²) in [6, 6.07) is 7.89. The first-order chi connectivity index (χ1) is 15.9. The summed E-state index contributed by atoms with van der Waals surface area (Å²) in [5, 5.41) is 9.66. The van der Waals surface area contributed by atoms with Gasteiger partial charge in [-0.25, -0.2) is 4.98 Å². The summed E-state index contributed by atoms with van der Waals surface area (Å²) < 4.78 is 1.62. The number of hydrogen-bond acceptors (Lipinski definition) is 6. The first-order valence-corrected chi connectivity index (χ1v) is 12.3. The Morgan fingerprint density at radius 2 is 2.15 bits per heavy atom. The van der Waals surface area contributed by atoms with Crippen LogP contribution >= 0.6 is 11.3 Å². The van der Waals surface area contributed by atoms with E-state index >= 15 is 0 Å². The molecule has 2 aliphatic rings. The van der Waals surface area contributed by atoms with Crippen LogP contribution in [0.5, 0.6) is 0 Å². The second kappa shape index (κ2) is 8.76. The number of nitrogens with one attached hydrogen (secondary N) is 3. The third-order valence-corrected chi connectivity index (χ3v) is 7.78. The van der Waals surface area contributed by atoms with E-state index in [2.05, 4.69) is 59.0 Å². The third-order valence-electron chi connectivity index (χ3n) is 6.60. The summed E-state index contributed by atoms with van der Waals surface area (Å²) in [4.78, 5) is 33.2. The summed E-state index contributed by atoms with van der Waals surface area (Å²) >= 11 is 1.74. The number of aryl methyl sites for hydroxylation is 3. The largest absolute Gasteiger partial charge is 0.359 e. The van der Waals surface area contributed by atoms with Gasteiger partial charge in [-0.05, 0) is 56.4 Å². The predicted octanol–water partition coefficient (Wildman–Crippen LogP) is 3.50. The lowest BCUT2D eigenvalue weighted by Crippen LogP contribution is -2.36. The zero-order valence-corrected chi connectivity index (χ0v) is 20.0. The number of fused-ring (bicyclic) bond motifs is 2. The molecule has 0 saturated carbocycles. The number of nitrogens with zero attached hydrogens (tertiary/aromatic N) is 2. The fourth-order valence-corrected chi connectivity index (χ4v) is 5.91. The number of carbonyl (C=O) groups excluding carboxylic acids is 1. The highest BCUT2D eigenvalue weighted by atomic mass is 32.1. The van der Waals surface area contributed by atoms with E-state index in [1.807, 2.05) is 6.92 Å². The highest BCUT2D eigenvalue weighted by molar-refractivity contribution is 7.12. The van der Waals surface area contributed by atoms with Gasteiger partial charge in [0, 0.05) is 34.7 Å². The second-order valence-corrected chi connectivity index (χ2v) is 10.3.